The number of carboxylic acid groups (broad SMARTS) is 2. The van der Waals surface area contributed by atoms with E-state index in [1.54, 1.807) is 9.47 Å². The maximum absolute atomic E-state index is 11.4. The van der Waals surface area contributed by atoms with Crippen LogP contribution in [0.1, 0.15) is 39.4 Å². The van der Waals surface area contributed by atoms with E-state index in [0.717, 1.165) is 0 Å². The number of oxazole rings is 1. The number of carboxylic acids is 2. The van der Waals surface area contributed by atoms with Gasteiger partial charge in [0, 0.05) is 25.1 Å². The van der Waals surface area contributed by atoms with E-state index in [2.05, 4.69) is 0 Å². The van der Waals surface area contributed by atoms with E-state index in [1.165, 1.54) is 54.6 Å². The highest BCUT2D eigenvalue weighted by atomic mass is 32.2. The number of allylic oxidation sites excluding steroid dienone is 2. The minimum Gasteiger partial charge on any atom is -0.478 e. The molecule has 0 atom stereocenters. The van der Waals surface area contributed by atoms with Crippen molar-refractivity contribution in [2.45, 2.75) is 19.4 Å². The highest BCUT2D eigenvalue weighted by Gasteiger charge is 2.28. The molecule has 16 heteroatoms. The van der Waals surface area contributed by atoms with Crippen molar-refractivity contribution in [3.8, 4) is 5.75 Å². The molecule has 0 bridgehead atoms. The minimum absolute atomic E-state index is 0.0210. The number of benzene rings is 2. The van der Waals surface area contributed by atoms with Gasteiger partial charge < -0.3 is 24.3 Å². The molecule has 0 amide bonds. The van der Waals surface area contributed by atoms with Gasteiger partial charge in [0.05, 0.1) is 34.4 Å². The number of rotatable bonds is 12. The van der Waals surface area contributed by atoms with Gasteiger partial charge in [-0.2, -0.15) is 21.4 Å². The van der Waals surface area contributed by atoms with Crippen molar-refractivity contribution in [3.05, 3.63) is 71.5 Å². The van der Waals surface area contributed by atoms with E-state index in [9.17, 15) is 36.6 Å². The summed E-state index contributed by atoms with van der Waals surface area (Å²) in [7, 11) is -8.42. The summed E-state index contributed by atoms with van der Waals surface area (Å²) in [6.45, 7) is 0.217. The van der Waals surface area contributed by atoms with Crippen molar-refractivity contribution in [2.75, 3.05) is 23.0 Å². The summed E-state index contributed by atoms with van der Waals surface area (Å²) in [5.74, 6) is -2.68. The smallest absolute Gasteiger partial charge is 0.374 e. The van der Waals surface area contributed by atoms with Crippen LogP contribution in [0.2, 0.25) is 0 Å². The zero-order valence-corrected chi connectivity index (χ0v) is 22.8. The van der Waals surface area contributed by atoms with Gasteiger partial charge in [-0.15, -0.1) is 0 Å². The molecule has 0 aliphatic carbocycles. The summed E-state index contributed by atoms with van der Waals surface area (Å²) < 4.78 is 76.2. The maximum Gasteiger partial charge on any atom is 0.374 e. The normalized spacial score (nSPS) is 14.6. The van der Waals surface area contributed by atoms with E-state index < -0.39 is 43.7 Å². The molecule has 1 aromatic heterocycles. The predicted octanol–water partition coefficient (Wildman–Crippen LogP) is 2.43. The molecule has 0 radical (unpaired) electrons. The van der Waals surface area contributed by atoms with Crippen LogP contribution in [0.25, 0.3) is 17.2 Å². The van der Waals surface area contributed by atoms with Crippen molar-refractivity contribution in [3.63, 3.8) is 0 Å². The molecule has 2 heterocycles. The second-order valence-corrected chi connectivity index (χ2v) is 12.1. The lowest BCUT2D eigenvalue weighted by Crippen LogP contribution is -2.36. The van der Waals surface area contributed by atoms with Gasteiger partial charge >= 0.3 is 17.8 Å². The zero-order chi connectivity index (χ0) is 29.9. The Morgan fingerprint density at radius 1 is 0.902 bits per heavy atom. The second-order valence-electron chi connectivity index (χ2n) is 8.96. The number of aryl methyl sites for hydroxylation is 1. The molecule has 0 saturated heterocycles. The highest BCUT2D eigenvalue weighted by molar-refractivity contribution is 7.86. The number of aromatic carboxylic acids is 2. The summed E-state index contributed by atoms with van der Waals surface area (Å²) in [5, 5.41) is 18.6. The summed E-state index contributed by atoms with van der Waals surface area (Å²) in [4.78, 5) is 24.4. The van der Waals surface area contributed by atoms with Crippen LogP contribution in [-0.2, 0) is 26.8 Å². The van der Waals surface area contributed by atoms with Gasteiger partial charge in [-0.05, 0) is 42.8 Å². The molecule has 41 heavy (non-hydrogen) atoms. The molecular weight excluding hydrogens is 584 g/mol. The largest absolute Gasteiger partial charge is 0.478 e. The monoisotopic (exact) mass is 609 g/mol. The molecular formula is C25H25N2O12S2+. The first kappa shape index (κ1) is 29.7. The Morgan fingerprint density at radius 2 is 1.54 bits per heavy atom. The Bertz CT molecular complexity index is 1790. The van der Waals surface area contributed by atoms with Crippen LogP contribution in [0, 0.1) is 0 Å². The van der Waals surface area contributed by atoms with Crippen LogP contribution < -0.4 is 14.2 Å². The van der Waals surface area contributed by atoms with Gasteiger partial charge in [-0.25, -0.2) is 9.59 Å². The van der Waals surface area contributed by atoms with Crippen LogP contribution in [0.15, 0.2) is 58.9 Å². The number of hydrogen-bond acceptors (Lipinski definition) is 9. The number of aromatic nitrogens is 1. The number of ether oxygens (including phenoxy) is 1. The number of nitrogens with zero attached hydrogens (tertiary/aromatic N) is 2. The maximum atomic E-state index is 11.4. The molecule has 3 aromatic rings. The Labute approximate surface area is 233 Å². The van der Waals surface area contributed by atoms with E-state index in [4.69, 9.17) is 18.3 Å². The van der Waals surface area contributed by atoms with Crippen LogP contribution in [0.4, 0.5) is 5.69 Å². The standard InChI is InChI=1S/C25H24N2O12S2/c28-24(29)16-6-8-18-20(14-16)38-22(26(18)10-2-12-40(32,33)34)4-1-5-23-27(11-3-13-41(35,36)37)19-9-7-17(25(30)31)15-21(19)39-23/h1,4-9,14-15H,2-3,10-13H2,(H3-,28,29,30,31,32,33,34,35,36,37)/p+1. The SMILES string of the molecule is O=C(O)c1ccc2c(c1)O/C(=C\C=C\c1oc3cc(C(=O)O)ccc3[n+]1CCCS(=O)(=O)O)N2CCCS(=O)(=O)O. The van der Waals surface area contributed by atoms with Gasteiger partial charge in [0.1, 0.15) is 0 Å². The van der Waals surface area contributed by atoms with Crippen molar-refractivity contribution in [1.82, 2.24) is 0 Å². The third kappa shape index (κ3) is 7.49. The third-order valence-electron chi connectivity index (χ3n) is 6.00. The average Bonchev–Trinajstić information content (AvgIpc) is 3.39. The lowest BCUT2D eigenvalue weighted by Gasteiger charge is -2.17. The second kappa shape index (κ2) is 11.7. The quantitative estimate of drug-likeness (QED) is 0.172. The first-order chi connectivity index (χ1) is 19.2. The Hall–Kier alpha value is -4.25. The summed E-state index contributed by atoms with van der Waals surface area (Å²) >= 11 is 0. The van der Waals surface area contributed by atoms with E-state index in [0.29, 0.717) is 11.2 Å². The molecule has 4 rings (SSSR count). The summed E-state index contributed by atoms with van der Waals surface area (Å²) in [6.07, 6.45) is 4.60. The number of anilines is 1. The number of carbonyl (C=O) groups is 2. The molecule has 218 valence electrons. The summed E-state index contributed by atoms with van der Waals surface area (Å²) in [5.41, 5.74) is 1.15. The Kier molecular flexibility index (Phi) is 8.48. The molecule has 0 spiro atoms. The van der Waals surface area contributed by atoms with E-state index >= 15 is 0 Å². The van der Waals surface area contributed by atoms with Crippen molar-refractivity contribution < 1.29 is 59.5 Å². The van der Waals surface area contributed by atoms with Gasteiger partial charge in [-0.3, -0.25) is 9.11 Å². The molecule has 0 saturated carbocycles. The molecule has 0 unspecified atom stereocenters. The first-order valence-electron chi connectivity index (χ1n) is 12.0. The molecule has 1 aliphatic heterocycles. The minimum atomic E-state index is -4.21. The van der Waals surface area contributed by atoms with Crippen LogP contribution in [-0.4, -0.2) is 66.1 Å². The fourth-order valence-electron chi connectivity index (χ4n) is 4.21. The topological polar surface area (TPSA) is 213 Å². The van der Waals surface area contributed by atoms with Crippen LogP contribution in [0.5, 0.6) is 5.75 Å². The van der Waals surface area contributed by atoms with Gasteiger partial charge in [0.2, 0.25) is 11.5 Å². The van der Waals surface area contributed by atoms with Gasteiger partial charge in [0.15, 0.2) is 12.3 Å². The van der Waals surface area contributed by atoms with Crippen molar-refractivity contribution in [1.29, 1.82) is 0 Å². The van der Waals surface area contributed by atoms with Crippen molar-refractivity contribution >= 4 is 55.0 Å². The molecule has 4 N–H and O–H groups in total. The summed E-state index contributed by atoms with van der Waals surface area (Å²) in [6, 6.07) is 8.40. The predicted molar refractivity (Wildman–Crippen MR) is 144 cm³/mol. The first-order valence-corrected chi connectivity index (χ1v) is 15.2. The highest BCUT2D eigenvalue weighted by Crippen LogP contribution is 2.39. The molecule has 1 aliphatic rings. The fourth-order valence-corrected chi connectivity index (χ4v) is 5.20. The average molecular weight is 610 g/mol. The lowest BCUT2D eigenvalue weighted by atomic mass is 10.2. The Morgan fingerprint density at radius 3 is 2.20 bits per heavy atom. The molecule has 0 fully saturated rings. The lowest BCUT2D eigenvalue weighted by molar-refractivity contribution is -0.677. The number of hydrogen-bond donors (Lipinski definition) is 4. The van der Waals surface area contributed by atoms with E-state index in [1.807, 2.05) is 0 Å². The Balaban J connectivity index is 1.67. The number of fused-ring (bicyclic) bond motifs is 2. The van der Waals surface area contributed by atoms with Crippen LogP contribution in [0.3, 0.4) is 0 Å². The van der Waals surface area contributed by atoms with Crippen molar-refractivity contribution in [2.24, 2.45) is 0 Å². The van der Waals surface area contributed by atoms with E-state index in [-0.39, 0.29) is 60.2 Å². The van der Waals surface area contributed by atoms with Crippen LogP contribution >= 0.6 is 0 Å². The molecule has 2 aromatic carbocycles. The fraction of sp³-hybridized carbons (Fsp3) is 0.240. The van der Waals surface area contributed by atoms with Gasteiger partial charge in [0.25, 0.3) is 25.8 Å². The molecule has 14 nitrogen and oxygen atoms in total. The van der Waals surface area contributed by atoms with Gasteiger partial charge in [-0.1, -0.05) is 0 Å². The third-order valence-corrected chi connectivity index (χ3v) is 7.61. The zero-order valence-electron chi connectivity index (χ0n) is 21.2.